The van der Waals surface area contributed by atoms with E-state index in [9.17, 15) is 0 Å². The zero-order valence-corrected chi connectivity index (χ0v) is 17.9. The van der Waals surface area contributed by atoms with E-state index in [1.807, 2.05) is 30.3 Å². The van der Waals surface area contributed by atoms with Crippen LogP contribution in [-0.4, -0.2) is 16.3 Å². The van der Waals surface area contributed by atoms with Crippen molar-refractivity contribution in [3.8, 4) is 0 Å². The zero-order valence-electron chi connectivity index (χ0n) is 17.9. The van der Waals surface area contributed by atoms with Crippen molar-refractivity contribution >= 4 is 45.0 Å². The average molecular weight is 456 g/mol. The van der Waals surface area contributed by atoms with Gasteiger partial charge >= 0.3 is 6.85 Å². The molecule has 0 saturated carbocycles. The smallest absolute Gasteiger partial charge is 0.339 e. The first-order chi connectivity index (χ1) is 16.6. The van der Waals surface area contributed by atoms with Gasteiger partial charge < -0.3 is 4.48 Å². The van der Waals surface area contributed by atoms with Crippen LogP contribution >= 0.6 is 0 Å². The van der Waals surface area contributed by atoms with Crippen molar-refractivity contribution in [1.82, 2.24) is 9.46 Å². The quantitative estimate of drug-likeness (QED) is 0.216. The Morgan fingerprint density at radius 2 is 1.59 bits per heavy atom. The third-order valence-electron chi connectivity index (χ3n) is 6.48. The van der Waals surface area contributed by atoms with Crippen LogP contribution in [0.2, 0.25) is 0 Å². The fourth-order valence-corrected chi connectivity index (χ4v) is 5.04. The molecule has 0 radical (unpaired) electrons. The summed E-state index contributed by atoms with van der Waals surface area (Å²) in [7, 11) is 0. The summed E-state index contributed by atoms with van der Waals surface area (Å²) in [6.07, 6.45) is 3.05. The Morgan fingerprint density at radius 3 is 2.38 bits per heavy atom. The summed E-state index contributed by atoms with van der Waals surface area (Å²) in [5, 5.41) is 2.39. The average Bonchev–Trinajstić information content (AvgIpc) is 3.17. The van der Waals surface area contributed by atoms with Gasteiger partial charge in [0.25, 0.3) is 0 Å². The highest BCUT2D eigenvalue weighted by Crippen LogP contribution is 2.37. The van der Waals surface area contributed by atoms with Crippen molar-refractivity contribution < 1.29 is 17.6 Å². The number of nitrogens with zero attached hydrogens (tertiary/aromatic N) is 2. The predicted octanol–water partition coefficient (Wildman–Crippen LogP) is 6.78. The lowest BCUT2D eigenvalue weighted by Crippen LogP contribution is -2.45. The Balaban J connectivity index is 1.85. The fourth-order valence-electron chi connectivity index (χ4n) is 5.04. The van der Waals surface area contributed by atoms with Gasteiger partial charge in [-0.2, -0.15) is 0 Å². The number of para-hydroxylation sites is 1. The lowest BCUT2D eigenvalue weighted by atomic mass is 9.47. The number of fused-ring (bicyclic) bond motifs is 5. The molecule has 0 spiro atoms. The molecule has 2 nitrogen and oxygen atoms in total. The second kappa shape index (κ2) is 7.87. The van der Waals surface area contributed by atoms with Crippen molar-refractivity contribution in [3.05, 3.63) is 108 Å². The summed E-state index contributed by atoms with van der Waals surface area (Å²) in [6.45, 7) is -1.41. The summed E-state index contributed by atoms with van der Waals surface area (Å²) in [5.74, 6) is -3.27. The third kappa shape index (κ3) is 3.00. The Morgan fingerprint density at radius 1 is 0.794 bits per heavy atom. The molecule has 0 amide bonds. The predicted molar refractivity (Wildman–Crippen MR) is 128 cm³/mol. The van der Waals surface area contributed by atoms with Gasteiger partial charge in [0.2, 0.25) is 0 Å². The molecule has 1 aliphatic rings. The zero-order chi connectivity index (χ0) is 23.4. The first-order valence-electron chi connectivity index (χ1n) is 11.0. The number of benzene rings is 3. The monoisotopic (exact) mass is 456 g/mol. The van der Waals surface area contributed by atoms with E-state index in [1.54, 1.807) is 28.9 Å². The van der Waals surface area contributed by atoms with Gasteiger partial charge in [0.1, 0.15) is 23.3 Å². The number of pyridine rings is 1. The van der Waals surface area contributed by atoms with Gasteiger partial charge in [0.05, 0.1) is 11.0 Å². The third-order valence-corrected chi connectivity index (χ3v) is 6.48. The molecule has 2 heterocycles. The molecule has 6 rings (SSSR count). The SMILES string of the molecule is FC1=CCCC(F)=C1B(c1c(F)cccc1F)n1c2ccccc2c2ccc3cccnc3c21. The summed E-state index contributed by atoms with van der Waals surface area (Å²) >= 11 is 0. The molecule has 3 aromatic carbocycles. The van der Waals surface area contributed by atoms with Gasteiger partial charge in [-0.1, -0.05) is 42.5 Å². The van der Waals surface area contributed by atoms with Gasteiger partial charge in [0, 0.05) is 45.2 Å². The highest BCUT2D eigenvalue weighted by Gasteiger charge is 2.38. The number of aromatic nitrogens is 2. The highest BCUT2D eigenvalue weighted by atomic mass is 19.1. The van der Waals surface area contributed by atoms with E-state index in [-0.39, 0.29) is 18.3 Å². The molecule has 0 saturated heterocycles. The van der Waals surface area contributed by atoms with Crippen LogP contribution in [0.4, 0.5) is 17.6 Å². The molecule has 1 aliphatic carbocycles. The minimum atomic E-state index is -1.41. The van der Waals surface area contributed by atoms with Crippen molar-refractivity contribution in [1.29, 1.82) is 0 Å². The molecule has 2 aromatic heterocycles. The molecule has 5 aromatic rings. The maximum Gasteiger partial charge on any atom is 0.339 e. The lowest BCUT2D eigenvalue weighted by Gasteiger charge is -2.24. The van der Waals surface area contributed by atoms with Gasteiger partial charge in [-0.15, -0.1) is 0 Å². The van der Waals surface area contributed by atoms with Crippen LogP contribution in [0.5, 0.6) is 0 Å². The summed E-state index contributed by atoms with van der Waals surface area (Å²) in [6, 6.07) is 18.3. The van der Waals surface area contributed by atoms with Crippen LogP contribution in [-0.2, 0) is 0 Å². The topological polar surface area (TPSA) is 17.8 Å². The molecule has 0 unspecified atom stereocenters. The van der Waals surface area contributed by atoms with Crippen molar-refractivity contribution in [2.75, 3.05) is 0 Å². The second-order valence-electron chi connectivity index (χ2n) is 8.37. The normalized spacial score (nSPS) is 14.3. The van der Waals surface area contributed by atoms with Crippen LogP contribution in [0.25, 0.3) is 32.7 Å². The summed E-state index contributed by atoms with van der Waals surface area (Å²) in [4.78, 5) is 4.54. The van der Waals surface area contributed by atoms with Crippen molar-refractivity contribution in [2.45, 2.75) is 12.8 Å². The van der Waals surface area contributed by atoms with E-state index < -0.39 is 35.6 Å². The standard InChI is InChI=1S/C27H17BF4N2/c29-19-8-3-9-20(30)24(19)28(25-21(31)10-4-11-22(25)32)34-23-12-2-1-7-17(23)18-14-13-16-6-5-15-33-26(16)27(18)34/h1-3,5-10,12-15H,4,11H2. The molecule has 0 fully saturated rings. The van der Waals surface area contributed by atoms with Gasteiger partial charge in [-0.05, 0) is 36.8 Å². The minimum absolute atomic E-state index is 0.0363. The Bertz CT molecular complexity index is 1650. The molecule has 34 heavy (non-hydrogen) atoms. The fraction of sp³-hybridized carbons (Fsp3) is 0.0741. The summed E-state index contributed by atoms with van der Waals surface area (Å²) in [5.41, 5.74) is 0.978. The number of halogens is 4. The number of hydrogen-bond donors (Lipinski definition) is 0. The van der Waals surface area contributed by atoms with E-state index in [1.165, 1.54) is 12.1 Å². The van der Waals surface area contributed by atoms with Gasteiger partial charge in [-0.3, -0.25) is 4.98 Å². The first-order valence-corrected chi connectivity index (χ1v) is 11.0. The van der Waals surface area contributed by atoms with E-state index >= 15 is 17.6 Å². The van der Waals surface area contributed by atoms with Gasteiger partial charge in [-0.25, -0.2) is 17.6 Å². The lowest BCUT2D eigenvalue weighted by molar-refractivity contribution is 0.551. The van der Waals surface area contributed by atoms with Crippen molar-refractivity contribution in [3.63, 3.8) is 0 Å². The second-order valence-corrected chi connectivity index (χ2v) is 8.37. The van der Waals surface area contributed by atoms with Crippen LogP contribution in [0.3, 0.4) is 0 Å². The molecular formula is C27H17BF4N2. The van der Waals surface area contributed by atoms with Crippen LogP contribution < -0.4 is 5.46 Å². The van der Waals surface area contributed by atoms with E-state index in [4.69, 9.17) is 0 Å². The number of hydrogen-bond acceptors (Lipinski definition) is 1. The molecular weight excluding hydrogens is 439 g/mol. The van der Waals surface area contributed by atoms with Crippen LogP contribution in [0.1, 0.15) is 12.8 Å². The summed E-state index contributed by atoms with van der Waals surface area (Å²) < 4.78 is 62.8. The Hall–Kier alpha value is -3.87. The van der Waals surface area contributed by atoms with Gasteiger partial charge in [0.15, 0.2) is 0 Å². The maximum atomic E-state index is 15.3. The molecule has 7 heteroatoms. The largest absolute Gasteiger partial charge is 0.374 e. The van der Waals surface area contributed by atoms with E-state index in [0.29, 0.717) is 16.6 Å². The maximum absolute atomic E-state index is 15.3. The van der Waals surface area contributed by atoms with Crippen LogP contribution in [0, 0.1) is 11.6 Å². The van der Waals surface area contributed by atoms with Crippen molar-refractivity contribution in [2.24, 2.45) is 0 Å². The molecule has 166 valence electrons. The molecule has 0 atom stereocenters. The van der Waals surface area contributed by atoms with E-state index in [0.717, 1.165) is 28.3 Å². The first kappa shape index (κ1) is 20.7. The van der Waals surface area contributed by atoms with Crippen LogP contribution in [0.15, 0.2) is 96.1 Å². The Labute approximate surface area is 192 Å². The molecule has 0 bridgehead atoms. The van der Waals surface area contributed by atoms with E-state index in [2.05, 4.69) is 4.98 Å². The number of rotatable bonds is 3. The molecule has 0 N–H and O–H groups in total. The molecule has 0 aliphatic heterocycles. The number of allylic oxidation sites excluding steroid dienone is 4. The highest BCUT2D eigenvalue weighted by molar-refractivity contribution is 6.81. The minimum Gasteiger partial charge on any atom is -0.374 e. The Kier molecular flexibility index (Phi) is 4.80.